The van der Waals surface area contributed by atoms with Gasteiger partial charge in [0.25, 0.3) is 0 Å². The number of ketones is 1. The van der Waals surface area contributed by atoms with Gasteiger partial charge in [0.05, 0.1) is 0 Å². The van der Waals surface area contributed by atoms with Crippen molar-refractivity contribution in [1.82, 2.24) is 4.98 Å². The third kappa shape index (κ3) is 2.60. The first-order valence-corrected chi connectivity index (χ1v) is 6.36. The molecule has 2 heterocycles. The average Bonchev–Trinajstić information content (AvgIpc) is 2.39. The zero-order chi connectivity index (χ0) is 13.0. The van der Waals surface area contributed by atoms with E-state index >= 15 is 0 Å². The summed E-state index contributed by atoms with van der Waals surface area (Å²) in [6.45, 7) is 5.53. The smallest absolute Gasteiger partial charge is 0.196 e. The van der Waals surface area contributed by atoms with Gasteiger partial charge in [-0.2, -0.15) is 0 Å². The van der Waals surface area contributed by atoms with Gasteiger partial charge in [-0.15, -0.1) is 0 Å². The highest BCUT2D eigenvalue weighted by Gasteiger charge is 2.41. The second-order valence-corrected chi connectivity index (χ2v) is 4.62. The molecule has 1 aliphatic heterocycles. The van der Waals surface area contributed by atoms with E-state index < -0.39 is 5.60 Å². The Morgan fingerprint density at radius 2 is 2.17 bits per heavy atom. The summed E-state index contributed by atoms with van der Waals surface area (Å²) in [5.41, 5.74) is 0.896. The molecule has 98 valence electrons. The van der Waals surface area contributed by atoms with Gasteiger partial charge in [0.2, 0.25) is 0 Å². The van der Waals surface area contributed by atoms with E-state index in [2.05, 4.69) is 4.98 Å². The van der Waals surface area contributed by atoms with Crippen molar-refractivity contribution >= 4 is 5.78 Å². The standard InChI is InChI=1S/C14H19NO3/c1-3-18-14(4-6-17-7-5-14)13(16)12-8-11(2)9-15-10-12/h8-10H,3-7H2,1-2H3. The molecule has 0 bridgehead atoms. The van der Waals surface area contributed by atoms with E-state index in [0.29, 0.717) is 38.2 Å². The predicted octanol–water partition coefficient (Wildman–Crippen LogP) is 2.16. The van der Waals surface area contributed by atoms with Crippen LogP contribution in [-0.4, -0.2) is 36.2 Å². The van der Waals surface area contributed by atoms with E-state index in [1.165, 1.54) is 0 Å². The van der Waals surface area contributed by atoms with Crippen LogP contribution in [0.4, 0.5) is 0 Å². The van der Waals surface area contributed by atoms with Gasteiger partial charge in [-0.05, 0) is 25.5 Å². The van der Waals surface area contributed by atoms with Crippen LogP contribution in [0, 0.1) is 6.92 Å². The van der Waals surface area contributed by atoms with Gasteiger partial charge in [0, 0.05) is 50.6 Å². The first-order valence-electron chi connectivity index (χ1n) is 6.36. The summed E-state index contributed by atoms with van der Waals surface area (Å²) in [5, 5.41) is 0. The van der Waals surface area contributed by atoms with Crippen LogP contribution < -0.4 is 0 Å². The highest BCUT2D eigenvalue weighted by Crippen LogP contribution is 2.29. The highest BCUT2D eigenvalue weighted by atomic mass is 16.5. The number of ether oxygens (including phenoxy) is 2. The van der Waals surface area contributed by atoms with E-state index in [0.717, 1.165) is 5.56 Å². The van der Waals surface area contributed by atoms with Crippen LogP contribution in [0.1, 0.15) is 35.7 Å². The Morgan fingerprint density at radius 1 is 1.44 bits per heavy atom. The molecule has 2 rings (SSSR count). The van der Waals surface area contributed by atoms with Crippen LogP contribution in [0.2, 0.25) is 0 Å². The maximum atomic E-state index is 12.6. The molecule has 0 atom stereocenters. The lowest BCUT2D eigenvalue weighted by Gasteiger charge is -2.35. The van der Waals surface area contributed by atoms with Crippen LogP contribution >= 0.6 is 0 Å². The van der Waals surface area contributed by atoms with Gasteiger partial charge in [0.1, 0.15) is 5.60 Å². The number of aromatic nitrogens is 1. The van der Waals surface area contributed by atoms with Crippen molar-refractivity contribution in [3.05, 3.63) is 29.6 Å². The Morgan fingerprint density at radius 3 is 2.78 bits per heavy atom. The highest BCUT2D eigenvalue weighted by molar-refractivity contribution is 6.02. The van der Waals surface area contributed by atoms with Gasteiger partial charge >= 0.3 is 0 Å². The van der Waals surface area contributed by atoms with Crippen LogP contribution in [0.5, 0.6) is 0 Å². The summed E-state index contributed by atoms with van der Waals surface area (Å²) >= 11 is 0. The summed E-state index contributed by atoms with van der Waals surface area (Å²) in [6.07, 6.45) is 4.60. The number of hydrogen-bond acceptors (Lipinski definition) is 4. The van der Waals surface area contributed by atoms with E-state index in [9.17, 15) is 4.79 Å². The van der Waals surface area contributed by atoms with Crippen molar-refractivity contribution in [3.63, 3.8) is 0 Å². The van der Waals surface area contributed by atoms with E-state index in [4.69, 9.17) is 9.47 Å². The quantitative estimate of drug-likeness (QED) is 0.767. The summed E-state index contributed by atoms with van der Waals surface area (Å²) in [6, 6.07) is 1.87. The van der Waals surface area contributed by atoms with Gasteiger partial charge < -0.3 is 9.47 Å². The Kier molecular flexibility index (Phi) is 4.09. The van der Waals surface area contributed by atoms with Gasteiger partial charge in [-0.3, -0.25) is 9.78 Å². The molecule has 18 heavy (non-hydrogen) atoms. The molecule has 0 unspecified atom stereocenters. The normalized spacial score (nSPS) is 18.6. The van der Waals surface area contributed by atoms with Crippen molar-refractivity contribution in [1.29, 1.82) is 0 Å². The number of hydrogen-bond donors (Lipinski definition) is 0. The minimum Gasteiger partial charge on any atom is -0.381 e. The molecule has 1 saturated heterocycles. The summed E-state index contributed by atoms with van der Waals surface area (Å²) < 4.78 is 11.1. The molecule has 0 saturated carbocycles. The fourth-order valence-electron chi connectivity index (χ4n) is 2.36. The maximum absolute atomic E-state index is 12.6. The average molecular weight is 249 g/mol. The van der Waals surface area contributed by atoms with Crippen molar-refractivity contribution in [2.45, 2.75) is 32.3 Å². The molecule has 0 radical (unpaired) electrons. The molecule has 0 aliphatic carbocycles. The zero-order valence-electron chi connectivity index (χ0n) is 10.9. The molecule has 1 fully saturated rings. The van der Waals surface area contributed by atoms with Crippen molar-refractivity contribution in [3.8, 4) is 0 Å². The largest absolute Gasteiger partial charge is 0.381 e. The molecule has 1 aromatic heterocycles. The van der Waals surface area contributed by atoms with Gasteiger partial charge in [-0.25, -0.2) is 0 Å². The molecule has 4 nitrogen and oxygen atoms in total. The minimum absolute atomic E-state index is 0.0313. The number of rotatable bonds is 4. The van der Waals surface area contributed by atoms with Crippen LogP contribution in [0.3, 0.4) is 0 Å². The third-order valence-electron chi connectivity index (χ3n) is 3.27. The number of carbonyl (C=O) groups is 1. The summed E-state index contributed by atoms with van der Waals surface area (Å²) in [7, 11) is 0. The van der Waals surface area contributed by atoms with Gasteiger partial charge in [-0.1, -0.05) is 0 Å². The Labute approximate surface area is 107 Å². The monoisotopic (exact) mass is 249 g/mol. The zero-order valence-corrected chi connectivity index (χ0v) is 10.9. The molecule has 0 aromatic carbocycles. The van der Waals surface area contributed by atoms with Crippen molar-refractivity contribution in [2.75, 3.05) is 19.8 Å². The number of pyridine rings is 1. The maximum Gasteiger partial charge on any atom is 0.196 e. The third-order valence-corrected chi connectivity index (χ3v) is 3.27. The molecule has 0 N–H and O–H groups in total. The SMILES string of the molecule is CCOC1(C(=O)c2cncc(C)c2)CCOCC1. The van der Waals surface area contributed by atoms with E-state index in [1.54, 1.807) is 12.4 Å². The molecule has 0 amide bonds. The van der Waals surface area contributed by atoms with Crippen LogP contribution in [-0.2, 0) is 9.47 Å². The second-order valence-electron chi connectivity index (χ2n) is 4.62. The number of carbonyl (C=O) groups excluding carboxylic acids is 1. The van der Waals surface area contributed by atoms with Crippen LogP contribution in [0.15, 0.2) is 18.5 Å². The lowest BCUT2D eigenvalue weighted by Crippen LogP contribution is -2.46. The molecule has 1 aliphatic rings. The fourth-order valence-corrected chi connectivity index (χ4v) is 2.36. The second kappa shape index (κ2) is 5.59. The Hall–Kier alpha value is -1.26. The fraction of sp³-hybridized carbons (Fsp3) is 0.571. The number of aryl methyl sites for hydroxylation is 1. The number of Topliss-reactive ketones (excluding diaryl/α,β-unsaturated/α-hetero) is 1. The topological polar surface area (TPSA) is 48.4 Å². The molecule has 1 aromatic rings. The van der Waals surface area contributed by atoms with E-state index in [1.807, 2.05) is 19.9 Å². The Balaban J connectivity index is 2.28. The minimum atomic E-state index is -0.720. The first-order chi connectivity index (χ1) is 8.68. The Bertz CT molecular complexity index is 419. The summed E-state index contributed by atoms with van der Waals surface area (Å²) in [5.74, 6) is 0.0313. The van der Waals surface area contributed by atoms with Gasteiger partial charge in [0.15, 0.2) is 5.78 Å². The van der Waals surface area contributed by atoms with E-state index in [-0.39, 0.29) is 5.78 Å². The molecule has 0 spiro atoms. The van der Waals surface area contributed by atoms with Crippen molar-refractivity contribution in [2.24, 2.45) is 0 Å². The van der Waals surface area contributed by atoms with Crippen molar-refractivity contribution < 1.29 is 14.3 Å². The lowest BCUT2D eigenvalue weighted by molar-refractivity contribution is -0.0822. The number of nitrogens with zero attached hydrogens (tertiary/aromatic N) is 1. The molecular weight excluding hydrogens is 230 g/mol. The predicted molar refractivity (Wildman–Crippen MR) is 67.7 cm³/mol. The summed E-state index contributed by atoms with van der Waals surface area (Å²) in [4.78, 5) is 16.7. The molecule has 4 heteroatoms. The lowest BCUT2D eigenvalue weighted by atomic mass is 9.86. The molecular formula is C14H19NO3. The first kappa shape index (κ1) is 13.2. The van der Waals surface area contributed by atoms with Crippen LogP contribution in [0.25, 0.3) is 0 Å².